The topological polar surface area (TPSA) is 59.2 Å². The van der Waals surface area contributed by atoms with Gasteiger partial charge in [0.05, 0.1) is 11.3 Å². The SMILES string of the molecule is Cc1ccc(C(=O)N(CCCN)c2ccccc2)c(C)n1. The fraction of sp³-hybridized carbons (Fsp3) is 0.294. The number of aryl methyl sites for hydroxylation is 2. The number of hydrogen-bond acceptors (Lipinski definition) is 3. The van der Waals surface area contributed by atoms with E-state index < -0.39 is 0 Å². The number of amides is 1. The molecule has 0 fully saturated rings. The average Bonchev–Trinajstić information content (AvgIpc) is 2.48. The molecule has 0 bridgehead atoms. The summed E-state index contributed by atoms with van der Waals surface area (Å²) in [7, 11) is 0. The predicted octanol–water partition coefficient (Wildman–Crippen LogP) is 2.69. The van der Waals surface area contributed by atoms with Crippen LogP contribution in [0.4, 0.5) is 5.69 Å². The summed E-state index contributed by atoms with van der Waals surface area (Å²) in [5.41, 5.74) is 8.79. The van der Waals surface area contributed by atoms with Crippen LogP contribution >= 0.6 is 0 Å². The first kappa shape index (κ1) is 15.2. The maximum Gasteiger partial charge on any atom is 0.260 e. The summed E-state index contributed by atoms with van der Waals surface area (Å²) in [6.45, 7) is 4.95. The number of anilines is 1. The predicted molar refractivity (Wildman–Crippen MR) is 85.5 cm³/mol. The van der Waals surface area contributed by atoms with E-state index in [1.165, 1.54) is 0 Å². The van der Waals surface area contributed by atoms with E-state index in [9.17, 15) is 4.79 Å². The number of carbonyl (C=O) groups is 1. The molecule has 21 heavy (non-hydrogen) atoms. The van der Waals surface area contributed by atoms with Gasteiger partial charge in [-0.25, -0.2) is 0 Å². The van der Waals surface area contributed by atoms with E-state index in [2.05, 4.69) is 4.98 Å². The van der Waals surface area contributed by atoms with Crippen molar-refractivity contribution in [2.45, 2.75) is 20.3 Å². The zero-order valence-electron chi connectivity index (χ0n) is 12.5. The van der Waals surface area contributed by atoms with E-state index in [1.54, 1.807) is 4.90 Å². The van der Waals surface area contributed by atoms with Gasteiger partial charge in [-0.3, -0.25) is 9.78 Å². The molecule has 0 spiro atoms. The van der Waals surface area contributed by atoms with Gasteiger partial charge in [-0.1, -0.05) is 18.2 Å². The molecule has 0 saturated carbocycles. The van der Waals surface area contributed by atoms with Crippen LogP contribution in [0.5, 0.6) is 0 Å². The van der Waals surface area contributed by atoms with Crippen molar-refractivity contribution in [1.29, 1.82) is 0 Å². The number of carbonyl (C=O) groups excluding carboxylic acids is 1. The molecular formula is C17H21N3O. The second kappa shape index (κ2) is 6.99. The average molecular weight is 283 g/mol. The first-order valence-electron chi connectivity index (χ1n) is 7.14. The molecule has 0 aliphatic heterocycles. The van der Waals surface area contributed by atoms with Gasteiger partial charge in [-0.05, 0) is 51.1 Å². The molecule has 2 N–H and O–H groups in total. The normalized spacial score (nSPS) is 10.4. The van der Waals surface area contributed by atoms with E-state index in [1.807, 2.05) is 56.3 Å². The van der Waals surface area contributed by atoms with Crippen LogP contribution in [0.1, 0.15) is 28.2 Å². The maximum absolute atomic E-state index is 12.8. The molecule has 0 atom stereocenters. The smallest absolute Gasteiger partial charge is 0.260 e. The van der Waals surface area contributed by atoms with Crippen LogP contribution in [-0.2, 0) is 0 Å². The molecule has 110 valence electrons. The van der Waals surface area contributed by atoms with Crippen molar-refractivity contribution in [2.24, 2.45) is 5.73 Å². The molecule has 0 unspecified atom stereocenters. The standard InChI is InChI=1S/C17H21N3O/c1-13-9-10-16(14(2)19-13)17(21)20(12-6-11-18)15-7-4-3-5-8-15/h3-5,7-10H,6,11-12,18H2,1-2H3. The van der Waals surface area contributed by atoms with E-state index in [-0.39, 0.29) is 5.91 Å². The molecule has 0 radical (unpaired) electrons. The largest absolute Gasteiger partial charge is 0.330 e. The Morgan fingerprint density at radius 2 is 1.86 bits per heavy atom. The fourth-order valence-electron chi connectivity index (χ4n) is 2.26. The number of nitrogens with two attached hydrogens (primary N) is 1. The van der Waals surface area contributed by atoms with Gasteiger partial charge in [0.15, 0.2) is 0 Å². The monoisotopic (exact) mass is 283 g/mol. The Hall–Kier alpha value is -2.20. The van der Waals surface area contributed by atoms with Crippen LogP contribution in [-0.4, -0.2) is 24.0 Å². The quantitative estimate of drug-likeness (QED) is 0.917. The van der Waals surface area contributed by atoms with Gasteiger partial charge in [0, 0.05) is 17.9 Å². The van der Waals surface area contributed by atoms with Gasteiger partial charge in [0.25, 0.3) is 5.91 Å². The zero-order valence-corrected chi connectivity index (χ0v) is 12.5. The van der Waals surface area contributed by atoms with Crippen molar-refractivity contribution in [1.82, 2.24) is 4.98 Å². The van der Waals surface area contributed by atoms with Crippen LogP contribution < -0.4 is 10.6 Å². The third kappa shape index (κ3) is 3.67. The van der Waals surface area contributed by atoms with Gasteiger partial charge in [-0.2, -0.15) is 0 Å². The van der Waals surface area contributed by atoms with E-state index >= 15 is 0 Å². The lowest BCUT2D eigenvalue weighted by Gasteiger charge is -2.23. The number of rotatable bonds is 5. The summed E-state index contributed by atoms with van der Waals surface area (Å²) in [6.07, 6.45) is 0.763. The molecule has 2 aromatic rings. The summed E-state index contributed by atoms with van der Waals surface area (Å²) in [5.74, 6) is -0.0281. The molecule has 1 heterocycles. The Kier molecular flexibility index (Phi) is 5.06. The molecule has 0 aliphatic rings. The summed E-state index contributed by atoms with van der Waals surface area (Å²) in [6, 6.07) is 13.4. The van der Waals surface area contributed by atoms with Crippen molar-refractivity contribution in [3.05, 3.63) is 59.4 Å². The lowest BCUT2D eigenvalue weighted by atomic mass is 10.1. The minimum atomic E-state index is -0.0281. The highest BCUT2D eigenvalue weighted by molar-refractivity contribution is 6.06. The molecular weight excluding hydrogens is 262 g/mol. The van der Waals surface area contributed by atoms with Crippen LogP contribution in [0.15, 0.2) is 42.5 Å². The zero-order chi connectivity index (χ0) is 15.2. The van der Waals surface area contributed by atoms with Gasteiger partial charge >= 0.3 is 0 Å². The summed E-state index contributed by atoms with van der Waals surface area (Å²) in [4.78, 5) is 19.0. The van der Waals surface area contributed by atoms with Crippen molar-refractivity contribution < 1.29 is 4.79 Å². The molecule has 0 saturated heterocycles. The van der Waals surface area contributed by atoms with Crippen LogP contribution in [0.25, 0.3) is 0 Å². The Balaban J connectivity index is 2.34. The first-order chi connectivity index (χ1) is 10.1. The molecule has 1 aromatic heterocycles. The molecule has 1 amide bonds. The van der Waals surface area contributed by atoms with Gasteiger partial charge in [0.1, 0.15) is 0 Å². The highest BCUT2D eigenvalue weighted by atomic mass is 16.2. The van der Waals surface area contributed by atoms with Gasteiger partial charge < -0.3 is 10.6 Å². The van der Waals surface area contributed by atoms with Crippen LogP contribution in [0, 0.1) is 13.8 Å². The second-order valence-electron chi connectivity index (χ2n) is 5.02. The Morgan fingerprint density at radius 1 is 1.14 bits per heavy atom. The summed E-state index contributed by atoms with van der Waals surface area (Å²) < 4.78 is 0. The van der Waals surface area contributed by atoms with E-state index in [0.717, 1.165) is 23.5 Å². The first-order valence-corrected chi connectivity index (χ1v) is 7.14. The lowest BCUT2D eigenvalue weighted by molar-refractivity contribution is 0.0986. The third-order valence-corrected chi connectivity index (χ3v) is 3.35. The van der Waals surface area contributed by atoms with Crippen molar-refractivity contribution in [2.75, 3.05) is 18.0 Å². The Labute approximate surface area is 125 Å². The van der Waals surface area contributed by atoms with Crippen molar-refractivity contribution >= 4 is 11.6 Å². The molecule has 2 rings (SSSR count). The van der Waals surface area contributed by atoms with Crippen molar-refractivity contribution in [3.8, 4) is 0 Å². The molecule has 0 aliphatic carbocycles. The number of hydrogen-bond donors (Lipinski definition) is 1. The van der Waals surface area contributed by atoms with E-state index in [4.69, 9.17) is 5.73 Å². The van der Waals surface area contributed by atoms with Gasteiger partial charge in [0.2, 0.25) is 0 Å². The number of nitrogens with zero attached hydrogens (tertiary/aromatic N) is 2. The summed E-state index contributed by atoms with van der Waals surface area (Å²) in [5, 5.41) is 0. The van der Waals surface area contributed by atoms with Crippen LogP contribution in [0.3, 0.4) is 0 Å². The number of aromatic nitrogens is 1. The Morgan fingerprint density at radius 3 is 2.48 bits per heavy atom. The highest BCUT2D eigenvalue weighted by Gasteiger charge is 2.19. The molecule has 4 heteroatoms. The number of pyridine rings is 1. The number of benzene rings is 1. The number of para-hydroxylation sites is 1. The van der Waals surface area contributed by atoms with Crippen LogP contribution in [0.2, 0.25) is 0 Å². The minimum Gasteiger partial charge on any atom is -0.330 e. The van der Waals surface area contributed by atoms with Crippen molar-refractivity contribution in [3.63, 3.8) is 0 Å². The van der Waals surface area contributed by atoms with Gasteiger partial charge in [-0.15, -0.1) is 0 Å². The third-order valence-electron chi connectivity index (χ3n) is 3.35. The second-order valence-corrected chi connectivity index (χ2v) is 5.02. The minimum absolute atomic E-state index is 0.0281. The molecule has 1 aromatic carbocycles. The Bertz CT molecular complexity index is 611. The summed E-state index contributed by atoms with van der Waals surface area (Å²) >= 11 is 0. The highest BCUT2D eigenvalue weighted by Crippen LogP contribution is 2.18. The lowest BCUT2D eigenvalue weighted by Crippen LogP contribution is -2.33. The fourth-order valence-corrected chi connectivity index (χ4v) is 2.26. The molecule has 4 nitrogen and oxygen atoms in total. The van der Waals surface area contributed by atoms with E-state index in [0.29, 0.717) is 18.7 Å². The maximum atomic E-state index is 12.8.